The number of hydrogen-bond acceptors (Lipinski definition) is 16. The van der Waals surface area contributed by atoms with E-state index in [1.807, 2.05) is 78.9 Å². The molecule has 20 heteroatoms. The van der Waals surface area contributed by atoms with Gasteiger partial charge in [0.05, 0.1) is 120 Å². The zero-order valence-corrected chi connectivity index (χ0v) is 38.9. The number of pyridine rings is 4. The van der Waals surface area contributed by atoms with Crippen LogP contribution >= 0.6 is 24.0 Å². The van der Waals surface area contributed by atoms with Crippen LogP contribution in [0.4, 0.5) is 0 Å². The van der Waals surface area contributed by atoms with E-state index in [1.165, 1.54) is 0 Å². The van der Waals surface area contributed by atoms with Gasteiger partial charge in [0.15, 0.2) is 11.6 Å². The largest absolute Gasteiger partial charge is 0.490 e. The number of aliphatic hydroxyl groups is 3. The molecule has 0 bridgehead atoms. The first-order chi connectivity index (χ1) is 32.6. The highest BCUT2D eigenvalue weighted by Crippen LogP contribution is 2.36. The van der Waals surface area contributed by atoms with Gasteiger partial charge >= 0.3 is 0 Å². The molecule has 0 saturated carbocycles. The van der Waals surface area contributed by atoms with Gasteiger partial charge in [0.2, 0.25) is 0 Å². The fourth-order valence-electron chi connectivity index (χ4n) is 7.31. The van der Waals surface area contributed by atoms with Gasteiger partial charge in [0.25, 0.3) is 0 Å². The maximum Gasteiger partial charge on any atom is 0.154 e. The quantitative estimate of drug-likeness (QED) is 0.0562. The summed E-state index contributed by atoms with van der Waals surface area (Å²) >= 11 is 6.02. The number of hydrogen-bond donors (Lipinski definition) is 5. The molecule has 1 fully saturated rings. The number of methoxy groups -OCH3 is 2. The average Bonchev–Trinajstić information content (AvgIpc) is 4.01. The van der Waals surface area contributed by atoms with E-state index in [0.29, 0.717) is 85.6 Å². The minimum absolute atomic E-state index is 0. The van der Waals surface area contributed by atoms with E-state index in [0.717, 1.165) is 44.3 Å². The Morgan fingerprint density at radius 3 is 1.63 bits per heavy atom. The molecular formula is C48H52Cl2N10O8. The lowest BCUT2D eigenvalue weighted by Crippen LogP contribution is -2.54. The van der Waals surface area contributed by atoms with Gasteiger partial charge in [-0.25, -0.2) is 19.3 Å². The molecule has 0 amide bonds. The van der Waals surface area contributed by atoms with Crippen molar-refractivity contribution in [3.63, 3.8) is 0 Å². The molecule has 0 radical (unpaired) electrons. The molecule has 1 atom stereocenters. The Balaban J connectivity index is 0.000000198. The van der Waals surface area contributed by atoms with Gasteiger partial charge in [-0.15, -0.1) is 24.0 Å². The predicted octanol–water partition coefficient (Wildman–Crippen LogP) is 4.99. The molecule has 9 rings (SSSR count). The Morgan fingerprint density at radius 2 is 1.18 bits per heavy atom. The maximum atomic E-state index is 9.77. The third-order valence-electron chi connectivity index (χ3n) is 11.1. The van der Waals surface area contributed by atoms with Crippen molar-refractivity contribution in [2.24, 2.45) is 11.5 Å². The number of rotatable bonds is 18. The Kier molecular flexibility index (Phi) is 16.3. The van der Waals surface area contributed by atoms with Crippen molar-refractivity contribution in [2.45, 2.75) is 24.3 Å². The van der Waals surface area contributed by atoms with Gasteiger partial charge in [0.1, 0.15) is 30.3 Å². The van der Waals surface area contributed by atoms with Crippen LogP contribution in [0.3, 0.4) is 0 Å². The topological polar surface area (TPSA) is 246 Å². The summed E-state index contributed by atoms with van der Waals surface area (Å²) in [6.07, 6.45) is 3.46. The summed E-state index contributed by atoms with van der Waals surface area (Å²) in [5, 5.41) is 39.4. The molecule has 0 spiro atoms. The van der Waals surface area contributed by atoms with E-state index in [1.54, 1.807) is 54.2 Å². The van der Waals surface area contributed by atoms with Gasteiger partial charge in [0, 0.05) is 31.2 Å². The molecule has 0 aliphatic carbocycles. The van der Waals surface area contributed by atoms with Crippen molar-refractivity contribution in [1.29, 1.82) is 0 Å². The highest BCUT2D eigenvalue weighted by Gasteiger charge is 2.37. The van der Waals surface area contributed by atoms with Crippen LogP contribution in [0.2, 0.25) is 0 Å². The smallest absolute Gasteiger partial charge is 0.154 e. The summed E-state index contributed by atoms with van der Waals surface area (Å²) in [5.41, 5.74) is 17.9. The van der Waals surface area contributed by atoms with E-state index in [4.69, 9.17) is 51.7 Å². The van der Waals surface area contributed by atoms with Crippen LogP contribution in [0.5, 0.6) is 11.5 Å². The van der Waals surface area contributed by atoms with E-state index >= 15 is 0 Å². The molecule has 1 aliphatic rings. The number of benzene rings is 2. The van der Waals surface area contributed by atoms with Crippen LogP contribution in [-0.4, -0.2) is 121 Å². The first-order valence-corrected chi connectivity index (χ1v) is 21.9. The zero-order chi connectivity index (χ0) is 47.0. The molecule has 8 aromatic rings. The minimum atomic E-state index is -1.16. The standard InChI is InChI=1S/C24H26ClN5O4.C24H25N5O4.ClH/c1-33-8-9-34-21-11-16(19-5-3-6-22(29-19)24(26,14-25)15-32)10-20-18(21)12-27-30(20)23-7-2-4-17(13-31)28-23;1-31-8-9-33-21-11-16(19-5-3-6-22(28-19)24(25)14-32-15-24)10-20-18(21)12-26-29(20)23-7-2-4-17(13-30)27-23;/h2-7,10-12,31-32H,8-9,13-15,26H2,1H3;2-7,10-12,30H,8-9,13-15,25H2,1H3;1H. The lowest BCUT2D eigenvalue weighted by molar-refractivity contribution is -0.0589. The van der Waals surface area contributed by atoms with Gasteiger partial charge in [-0.2, -0.15) is 10.2 Å². The highest BCUT2D eigenvalue weighted by molar-refractivity contribution is 6.18. The van der Waals surface area contributed by atoms with Crippen LogP contribution in [0.15, 0.2) is 109 Å². The number of nitrogens with zero attached hydrogens (tertiary/aromatic N) is 8. The lowest BCUT2D eigenvalue weighted by Gasteiger charge is -2.37. The predicted molar refractivity (Wildman–Crippen MR) is 258 cm³/mol. The Labute approximate surface area is 402 Å². The fourth-order valence-corrected chi connectivity index (χ4v) is 7.53. The number of nitrogens with two attached hydrogens (primary N) is 2. The van der Waals surface area contributed by atoms with Gasteiger partial charge in [-0.05, 0) is 72.8 Å². The van der Waals surface area contributed by atoms with Crippen LogP contribution in [0, 0.1) is 0 Å². The molecule has 6 aromatic heterocycles. The molecule has 1 unspecified atom stereocenters. The summed E-state index contributed by atoms with van der Waals surface area (Å²) in [6, 6.07) is 29.8. The number of aliphatic hydroxyl groups excluding tert-OH is 3. The molecule has 1 aliphatic heterocycles. The summed E-state index contributed by atoms with van der Waals surface area (Å²) in [4.78, 5) is 18.5. The molecule has 2 aromatic carbocycles. The molecule has 7 N–H and O–H groups in total. The minimum Gasteiger partial charge on any atom is -0.490 e. The Bertz CT molecular complexity index is 2960. The lowest BCUT2D eigenvalue weighted by atomic mass is 9.93. The van der Waals surface area contributed by atoms with Crippen LogP contribution in [0.25, 0.3) is 56.0 Å². The molecule has 18 nitrogen and oxygen atoms in total. The van der Waals surface area contributed by atoms with Gasteiger partial charge < -0.3 is 50.5 Å². The van der Waals surface area contributed by atoms with Crippen LogP contribution < -0.4 is 20.9 Å². The van der Waals surface area contributed by atoms with E-state index in [2.05, 4.69) is 25.1 Å². The zero-order valence-electron chi connectivity index (χ0n) is 37.4. The Morgan fingerprint density at radius 1 is 0.676 bits per heavy atom. The second kappa shape index (κ2) is 22.3. The van der Waals surface area contributed by atoms with Crippen molar-refractivity contribution in [3.05, 3.63) is 132 Å². The maximum absolute atomic E-state index is 9.77. The van der Waals surface area contributed by atoms with Gasteiger partial charge in [-0.3, -0.25) is 9.97 Å². The van der Waals surface area contributed by atoms with Crippen molar-refractivity contribution in [2.75, 3.05) is 66.3 Å². The van der Waals surface area contributed by atoms with Crippen molar-refractivity contribution >= 4 is 45.8 Å². The number of alkyl halides is 1. The van der Waals surface area contributed by atoms with E-state index in [-0.39, 0.29) is 38.1 Å². The third kappa shape index (κ3) is 10.6. The monoisotopic (exact) mass is 966 g/mol. The fraction of sp³-hybridized carbons (Fsp3) is 0.292. The summed E-state index contributed by atoms with van der Waals surface area (Å²) in [7, 11) is 3.25. The second-order valence-electron chi connectivity index (χ2n) is 15.8. The molecule has 1 saturated heterocycles. The van der Waals surface area contributed by atoms with Crippen molar-refractivity contribution in [1.82, 2.24) is 39.5 Å². The van der Waals surface area contributed by atoms with E-state index in [9.17, 15) is 15.3 Å². The molecule has 68 heavy (non-hydrogen) atoms. The third-order valence-corrected chi connectivity index (χ3v) is 11.6. The van der Waals surface area contributed by atoms with Crippen molar-refractivity contribution < 1.29 is 39.0 Å². The summed E-state index contributed by atoms with van der Waals surface area (Å²) < 4.78 is 31.0. The summed E-state index contributed by atoms with van der Waals surface area (Å²) in [6.45, 7) is 1.89. The van der Waals surface area contributed by atoms with Gasteiger partial charge in [-0.1, -0.05) is 24.3 Å². The number of fused-ring (bicyclic) bond motifs is 2. The normalized spacial score (nSPS) is 13.8. The molecular weight excluding hydrogens is 915 g/mol. The highest BCUT2D eigenvalue weighted by atomic mass is 35.5. The van der Waals surface area contributed by atoms with E-state index < -0.39 is 11.1 Å². The van der Waals surface area contributed by atoms with Crippen LogP contribution in [-0.2, 0) is 38.5 Å². The number of halogens is 2. The number of ether oxygens (including phenoxy) is 5. The number of aromatic nitrogens is 8. The molecule has 356 valence electrons. The summed E-state index contributed by atoms with van der Waals surface area (Å²) in [5.74, 6) is 2.47. The van der Waals surface area contributed by atoms with Crippen LogP contribution in [0.1, 0.15) is 22.8 Å². The second-order valence-corrected chi connectivity index (χ2v) is 16.1. The average molecular weight is 968 g/mol. The Hall–Kier alpha value is -6.16. The van der Waals surface area contributed by atoms with Crippen molar-refractivity contribution in [3.8, 4) is 45.6 Å². The SMILES string of the molecule is COCCOc1cc(-c2cccc(C(N)(CO)CCl)n2)cc2c1cnn2-c1cccc(CO)n1.COCCOc1cc(-c2cccc(C3(N)COC3)n2)cc2c1cnn2-c1cccc(CO)n1.Cl. The molecule has 7 heterocycles. The first-order valence-electron chi connectivity index (χ1n) is 21.3. The first kappa shape index (κ1) is 49.7.